The summed E-state index contributed by atoms with van der Waals surface area (Å²) in [6, 6.07) is 2.15. The monoisotopic (exact) mass is 169 g/mol. The van der Waals surface area contributed by atoms with Gasteiger partial charge in [0, 0.05) is 18.0 Å². The van der Waals surface area contributed by atoms with Gasteiger partial charge < -0.3 is 5.11 Å². The molecule has 0 aromatic carbocycles. The Bertz CT molecular complexity index is 246. The van der Waals surface area contributed by atoms with E-state index in [2.05, 4.69) is 16.3 Å². The zero-order chi connectivity index (χ0) is 7.68. The Morgan fingerprint density at radius 3 is 3.36 bits per heavy atom. The summed E-state index contributed by atoms with van der Waals surface area (Å²) in [6.45, 7) is 2.12. The number of aliphatic hydroxyl groups is 1. The summed E-state index contributed by atoms with van der Waals surface area (Å²) >= 11 is 1.83. The molecule has 1 aliphatic heterocycles. The molecule has 0 saturated heterocycles. The van der Waals surface area contributed by atoms with Crippen molar-refractivity contribution in [2.75, 3.05) is 13.3 Å². The number of rotatable bonds is 1. The van der Waals surface area contributed by atoms with Crippen LogP contribution in [0.2, 0.25) is 0 Å². The predicted molar refractivity (Wildman–Crippen MR) is 45.5 cm³/mol. The van der Waals surface area contributed by atoms with Crippen molar-refractivity contribution in [3.8, 4) is 0 Å². The first-order valence-electron chi connectivity index (χ1n) is 3.78. The molecule has 0 atom stereocenters. The van der Waals surface area contributed by atoms with E-state index in [0.717, 1.165) is 19.5 Å². The Hall–Kier alpha value is -0.380. The maximum Gasteiger partial charge on any atom is 0.0959 e. The van der Waals surface area contributed by atoms with Gasteiger partial charge in [-0.3, -0.25) is 4.90 Å². The zero-order valence-corrected chi connectivity index (χ0v) is 7.10. The molecule has 0 amide bonds. The van der Waals surface area contributed by atoms with Crippen molar-refractivity contribution in [2.45, 2.75) is 13.0 Å². The number of aliphatic hydroxyl groups excluding tert-OH is 1. The molecule has 1 aromatic rings. The van der Waals surface area contributed by atoms with Crippen LogP contribution >= 0.6 is 11.3 Å². The Labute approximate surface area is 70.1 Å². The third-order valence-corrected chi connectivity index (χ3v) is 3.11. The number of hydrogen-bond donors (Lipinski definition) is 1. The number of nitrogens with zero attached hydrogens (tertiary/aromatic N) is 1. The molecule has 0 bridgehead atoms. The summed E-state index contributed by atoms with van der Waals surface area (Å²) in [4.78, 5) is 3.55. The van der Waals surface area contributed by atoms with Gasteiger partial charge in [0.05, 0.1) is 6.73 Å². The highest BCUT2D eigenvalue weighted by molar-refractivity contribution is 7.10. The standard InChI is InChI=1S/C8H11NOS/c10-6-9-3-1-8-7(5-9)2-4-11-8/h2,4,10H,1,3,5-6H2. The molecule has 1 N–H and O–H groups in total. The van der Waals surface area contributed by atoms with Crippen LogP contribution in [0.15, 0.2) is 11.4 Å². The summed E-state index contributed by atoms with van der Waals surface area (Å²) in [6.07, 6.45) is 1.10. The van der Waals surface area contributed by atoms with Crippen LogP contribution in [0.25, 0.3) is 0 Å². The van der Waals surface area contributed by atoms with E-state index in [-0.39, 0.29) is 6.73 Å². The summed E-state index contributed by atoms with van der Waals surface area (Å²) < 4.78 is 0. The molecular weight excluding hydrogens is 158 g/mol. The summed E-state index contributed by atoms with van der Waals surface area (Å²) in [5.74, 6) is 0. The lowest BCUT2D eigenvalue weighted by molar-refractivity contribution is 0.0965. The zero-order valence-electron chi connectivity index (χ0n) is 6.29. The van der Waals surface area contributed by atoms with E-state index in [0.29, 0.717) is 0 Å². The van der Waals surface area contributed by atoms with Crippen LogP contribution in [0, 0.1) is 0 Å². The molecule has 0 fully saturated rings. The molecule has 2 nitrogen and oxygen atoms in total. The average Bonchev–Trinajstić information content (AvgIpc) is 2.50. The smallest absolute Gasteiger partial charge is 0.0959 e. The summed E-state index contributed by atoms with van der Waals surface area (Å²) in [5.41, 5.74) is 1.40. The minimum Gasteiger partial charge on any atom is -0.381 e. The molecule has 60 valence electrons. The maximum absolute atomic E-state index is 8.88. The fourth-order valence-corrected chi connectivity index (χ4v) is 2.32. The third-order valence-electron chi connectivity index (χ3n) is 2.09. The van der Waals surface area contributed by atoms with Crippen LogP contribution in [0.1, 0.15) is 10.4 Å². The summed E-state index contributed by atoms with van der Waals surface area (Å²) in [7, 11) is 0. The van der Waals surface area contributed by atoms with Gasteiger partial charge >= 0.3 is 0 Å². The van der Waals surface area contributed by atoms with Crippen molar-refractivity contribution >= 4 is 11.3 Å². The lowest BCUT2D eigenvalue weighted by Gasteiger charge is -2.23. The quantitative estimate of drug-likeness (QED) is 0.679. The van der Waals surface area contributed by atoms with Crippen molar-refractivity contribution in [1.82, 2.24) is 4.90 Å². The molecule has 2 heterocycles. The SMILES string of the molecule is OCN1CCc2sccc2C1. The highest BCUT2D eigenvalue weighted by Gasteiger charge is 2.15. The lowest BCUT2D eigenvalue weighted by Crippen LogP contribution is -2.30. The molecule has 0 aliphatic carbocycles. The second-order valence-electron chi connectivity index (χ2n) is 2.81. The first-order chi connectivity index (χ1) is 5.40. The highest BCUT2D eigenvalue weighted by atomic mass is 32.1. The molecule has 3 heteroatoms. The average molecular weight is 169 g/mol. The Balaban J connectivity index is 2.18. The minimum absolute atomic E-state index is 0.190. The molecule has 1 aromatic heterocycles. The van der Waals surface area contributed by atoms with Crippen LogP contribution in [-0.4, -0.2) is 23.3 Å². The van der Waals surface area contributed by atoms with E-state index in [4.69, 9.17) is 5.11 Å². The van der Waals surface area contributed by atoms with Crippen LogP contribution in [0.4, 0.5) is 0 Å². The van der Waals surface area contributed by atoms with Crippen LogP contribution in [0.5, 0.6) is 0 Å². The molecule has 0 unspecified atom stereocenters. The van der Waals surface area contributed by atoms with Gasteiger partial charge in [-0.2, -0.15) is 0 Å². The van der Waals surface area contributed by atoms with Crippen molar-refractivity contribution in [2.24, 2.45) is 0 Å². The van der Waals surface area contributed by atoms with E-state index in [1.807, 2.05) is 11.3 Å². The van der Waals surface area contributed by atoms with Gasteiger partial charge in [-0.15, -0.1) is 11.3 Å². The predicted octanol–water partition coefficient (Wildman–Crippen LogP) is 1.06. The molecule has 11 heavy (non-hydrogen) atoms. The Morgan fingerprint density at radius 2 is 2.55 bits per heavy atom. The van der Waals surface area contributed by atoms with Gasteiger partial charge in [0.2, 0.25) is 0 Å². The summed E-state index contributed by atoms with van der Waals surface area (Å²) in [5, 5.41) is 11.0. The first-order valence-corrected chi connectivity index (χ1v) is 4.66. The van der Waals surface area contributed by atoms with E-state index in [1.165, 1.54) is 10.4 Å². The lowest BCUT2D eigenvalue weighted by atomic mass is 10.1. The molecule has 0 saturated carbocycles. The second-order valence-corrected chi connectivity index (χ2v) is 3.81. The van der Waals surface area contributed by atoms with Crippen molar-refractivity contribution in [1.29, 1.82) is 0 Å². The van der Waals surface area contributed by atoms with E-state index < -0.39 is 0 Å². The Kier molecular flexibility index (Phi) is 1.94. The van der Waals surface area contributed by atoms with Crippen molar-refractivity contribution in [3.63, 3.8) is 0 Å². The van der Waals surface area contributed by atoms with Crippen molar-refractivity contribution < 1.29 is 5.11 Å². The fourth-order valence-electron chi connectivity index (χ4n) is 1.43. The molecule has 2 rings (SSSR count). The van der Waals surface area contributed by atoms with E-state index in [9.17, 15) is 0 Å². The van der Waals surface area contributed by atoms with Gasteiger partial charge in [0.25, 0.3) is 0 Å². The molecule has 0 radical (unpaired) electrons. The second kappa shape index (κ2) is 2.93. The van der Waals surface area contributed by atoms with Gasteiger partial charge in [-0.05, 0) is 23.4 Å². The first kappa shape index (κ1) is 7.28. The van der Waals surface area contributed by atoms with Gasteiger partial charge in [-0.1, -0.05) is 0 Å². The number of thiophene rings is 1. The topological polar surface area (TPSA) is 23.5 Å². The molecule has 0 spiro atoms. The number of fused-ring (bicyclic) bond motifs is 1. The Morgan fingerprint density at radius 1 is 1.64 bits per heavy atom. The maximum atomic E-state index is 8.88. The van der Waals surface area contributed by atoms with Crippen LogP contribution in [0.3, 0.4) is 0 Å². The molecular formula is C8H11NOS. The highest BCUT2D eigenvalue weighted by Crippen LogP contribution is 2.23. The minimum atomic E-state index is 0.190. The van der Waals surface area contributed by atoms with Gasteiger partial charge in [0.1, 0.15) is 0 Å². The third kappa shape index (κ3) is 1.31. The molecule has 1 aliphatic rings. The van der Waals surface area contributed by atoms with Crippen molar-refractivity contribution in [3.05, 3.63) is 21.9 Å². The van der Waals surface area contributed by atoms with E-state index >= 15 is 0 Å². The van der Waals surface area contributed by atoms with Crippen LogP contribution < -0.4 is 0 Å². The van der Waals surface area contributed by atoms with Gasteiger partial charge in [0.15, 0.2) is 0 Å². The number of hydrogen-bond acceptors (Lipinski definition) is 3. The normalized spacial score (nSPS) is 18.3. The van der Waals surface area contributed by atoms with Gasteiger partial charge in [-0.25, -0.2) is 0 Å². The van der Waals surface area contributed by atoms with Crippen LogP contribution in [-0.2, 0) is 13.0 Å². The van der Waals surface area contributed by atoms with E-state index in [1.54, 1.807) is 0 Å². The largest absolute Gasteiger partial charge is 0.381 e. The fraction of sp³-hybridized carbons (Fsp3) is 0.500.